The Labute approximate surface area is 117 Å². The second-order valence-corrected chi connectivity index (χ2v) is 4.80. The molecule has 1 fully saturated rings. The number of hydrogen-bond donors (Lipinski definition) is 0. The highest BCUT2D eigenvalue weighted by atomic mass is 16.5. The Hall–Kier alpha value is -2.38. The summed E-state index contributed by atoms with van der Waals surface area (Å²) in [6, 6.07) is 15.7. The Morgan fingerprint density at radius 1 is 1.25 bits per heavy atom. The van der Waals surface area contributed by atoms with Crippen LogP contribution in [0, 0.1) is 11.3 Å². The van der Waals surface area contributed by atoms with Crippen molar-refractivity contribution in [3.8, 4) is 6.07 Å². The van der Waals surface area contributed by atoms with Crippen LogP contribution in [0.5, 0.6) is 0 Å². The summed E-state index contributed by atoms with van der Waals surface area (Å²) in [5.41, 5.74) is 0.655. The Morgan fingerprint density at radius 2 is 2.05 bits per heavy atom. The molecule has 0 radical (unpaired) electrons. The minimum Gasteiger partial charge on any atom is -0.360 e. The highest BCUT2D eigenvalue weighted by Crippen LogP contribution is 2.18. The molecule has 1 saturated heterocycles. The summed E-state index contributed by atoms with van der Waals surface area (Å²) >= 11 is 0. The molecule has 0 aliphatic carbocycles. The van der Waals surface area contributed by atoms with Gasteiger partial charge >= 0.3 is 0 Å². The van der Waals surface area contributed by atoms with Gasteiger partial charge in [0.2, 0.25) is 0 Å². The van der Waals surface area contributed by atoms with E-state index in [1.807, 2.05) is 42.5 Å². The van der Waals surface area contributed by atoms with Crippen molar-refractivity contribution in [3.05, 3.63) is 48.0 Å². The molecule has 1 amide bonds. The summed E-state index contributed by atoms with van der Waals surface area (Å²) in [6.07, 6.45) is -0.520. The van der Waals surface area contributed by atoms with Gasteiger partial charge in [0.05, 0.1) is 19.2 Å². The molecule has 1 atom stereocenters. The van der Waals surface area contributed by atoms with E-state index in [1.165, 1.54) is 0 Å². The first kappa shape index (κ1) is 12.6. The van der Waals surface area contributed by atoms with Crippen molar-refractivity contribution in [2.45, 2.75) is 6.10 Å². The lowest BCUT2D eigenvalue weighted by molar-refractivity contribution is 0.00347. The molecule has 20 heavy (non-hydrogen) atoms. The fourth-order valence-electron chi connectivity index (χ4n) is 2.42. The number of nitriles is 1. The van der Waals surface area contributed by atoms with Crippen molar-refractivity contribution in [2.24, 2.45) is 0 Å². The third kappa shape index (κ3) is 2.36. The van der Waals surface area contributed by atoms with Crippen molar-refractivity contribution in [1.29, 1.82) is 5.26 Å². The maximum Gasteiger partial charge on any atom is 0.254 e. The Balaban J connectivity index is 1.86. The maximum absolute atomic E-state index is 12.5. The third-order valence-corrected chi connectivity index (χ3v) is 3.49. The van der Waals surface area contributed by atoms with Crippen LogP contribution >= 0.6 is 0 Å². The van der Waals surface area contributed by atoms with Gasteiger partial charge in [-0.2, -0.15) is 5.26 Å². The lowest BCUT2D eigenvalue weighted by atomic mass is 10.1. The predicted molar refractivity (Wildman–Crippen MR) is 75.2 cm³/mol. The summed E-state index contributed by atoms with van der Waals surface area (Å²) in [5.74, 6) is -0.0423. The first-order valence-electron chi connectivity index (χ1n) is 6.57. The van der Waals surface area contributed by atoms with Gasteiger partial charge < -0.3 is 9.64 Å². The molecule has 0 bridgehead atoms. The minimum absolute atomic E-state index is 0.0423. The van der Waals surface area contributed by atoms with Crippen LogP contribution in [0.25, 0.3) is 10.8 Å². The molecule has 2 aromatic carbocycles. The molecule has 100 valence electrons. The molecule has 0 aromatic heterocycles. The average molecular weight is 266 g/mol. The van der Waals surface area contributed by atoms with Crippen LogP contribution in [0.1, 0.15) is 10.4 Å². The van der Waals surface area contributed by atoms with Crippen molar-refractivity contribution >= 4 is 16.7 Å². The molecular formula is C16H14N2O2. The van der Waals surface area contributed by atoms with E-state index in [0.29, 0.717) is 25.3 Å². The van der Waals surface area contributed by atoms with Gasteiger partial charge in [0.1, 0.15) is 0 Å². The van der Waals surface area contributed by atoms with E-state index < -0.39 is 6.10 Å². The highest BCUT2D eigenvalue weighted by molar-refractivity contribution is 5.98. The SMILES string of the molecule is N#CC1CN(C(=O)c2ccc3ccccc3c2)CCO1. The molecule has 4 heteroatoms. The monoisotopic (exact) mass is 266 g/mol. The Morgan fingerprint density at radius 3 is 2.85 bits per heavy atom. The zero-order valence-corrected chi connectivity index (χ0v) is 11.0. The lowest BCUT2D eigenvalue weighted by Crippen LogP contribution is -2.45. The van der Waals surface area contributed by atoms with Gasteiger partial charge in [-0.25, -0.2) is 0 Å². The van der Waals surface area contributed by atoms with Crippen LogP contribution in [-0.2, 0) is 4.74 Å². The van der Waals surface area contributed by atoms with E-state index in [0.717, 1.165) is 10.8 Å². The van der Waals surface area contributed by atoms with Crippen molar-refractivity contribution in [1.82, 2.24) is 4.90 Å². The molecule has 0 spiro atoms. The number of nitrogens with zero attached hydrogens (tertiary/aromatic N) is 2. The number of carbonyl (C=O) groups is 1. The first-order valence-corrected chi connectivity index (χ1v) is 6.57. The second kappa shape index (κ2) is 5.32. The molecule has 3 rings (SSSR count). The van der Waals surface area contributed by atoms with Gasteiger partial charge in [-0.15, -0.1) is 0 Å². The van der Waals surface area contributed by atoms with E-state index >= 15 is 0 Å². The van der Waals surface area contributed by atoms with E-state index in [2.05, 4.69) is 6.07 Å². The molecule has 0 saturated carbocycles. The zero-order valence-electron chi connectivity index (χ0n) is 11.0. The number of carbonyl (C=O) groups excluding carboxylic acids is 1. The molecule has 1 aliphatic rings. The zero-order chi connectivity index (χ0) is 13.9. The van der Waals surface area contributed by atoms with Crippen molar-refractivity contribution in [2.75, 3.05) is 19.7 Å². The van der Waals surface area contributed by atoms with Crippen LogP contribution in [0.15, 0.2) is 42.5 Å². The van der Waals surface area contributed by atoms with Crippen LogP contribution in [0.4, 0.5) is 0 Å². The van der Waals surface area contributed by atoms with E-state index in [-0.39, 0.29) is 5.91 Å². The average Bonchev–Trinajstić information content (AvgIpc) is 2.53. The number of amides is 1. The number of benzene rings is 2. The quantitative estimate of drug-likeness (QED) is 0.795. The number of hydrogen-bond acceptors (Lipinski definition) is 3. The summed E-state index contributed by atoms with van der Waals surface area (Å²) in [7, 11) is 0. The molecule has 1 heterocycles. The molecule has 2 aromatic rings. The van der Waals surface area contributed by atoms with Crippen LogP contribution in [0.3, 0.4) is 0 Å². The van der Waals surface area contributed by atoms with Gasteiger partial charge in [-0.05, 0) is 22.9 Å². The molecular weight excluding hydrogens is 252 g/mol. The van der Waals surface area contributed by atoms with Gasteiger partial charge in [-0.3, -0.25) is 4.79 Å². The molecule has 0 N–H and O–H groups in total. The largest absolute Gasteiger partial charge is 0.360 e. The smallest absolute Gasteiger partial charge is 0.254 e. The summed E-state index contributed by atoms with van der Waals surface area (Å²) in [4.78, 5) is 14.1. The summed E-state index contributed by atoms with van der Waals surface area (Å²) < 4.78 is 5.26. The van der Waals surface area contributed by atoms with Gasteiger partial charge in [0.25, 0.3) is 5.91 Å². The topological polar surface area (TPSA) is 53.3 Å². The molecule has 1 unspecified atom stereocenters. The standard InChI is InChI=1S/C16H14N2O2/c17-10-15-11-18(7-8-20-15)16(19)14-6-5-12-3-1-2-4-13(12)9-14/h1-6,9,15H,7-8,11H2. The summed E-state index contributed by atoms with van der Waals surface area (Å²) in [5, 5.41) is 11.0. The predicted octanol–water partition coefficient (Wildman–Crippen LogP) is 2.20. The maximum atomic E-state index is 12.5. The molecule has 1 aliphatic heterocycles. The molecule has 4 nitrogen and oxygen atoms in total. The lowest BCUT2D eigenvalue weighted by Gasteiger charge is -2.29. The van der Waals surface area contributed by atoms with Gasteiger partial charge in [-0.1, -0.05) is 30.3 Å². The normalized spacial score (nSPS) is 18.8. The number of morpholine rings is 1. The van der Waals surface area contributed by atoms with E-state index in [4.69, 9.17) is 10.00 Å². The van der Waals surface area contributed by atoms with Gasteiger partial charge in [0.15, 0.2) is 6.10 Å². The number of rotatable bonds is 1. The van der Waals surface area contributed by atoms with E-state index in [1.54, 1.807) is 4.90 Å². The van der Waals surface area contributed by atoms with E-state index in [9.17, 15) is 4.79 Å². The minimum atomic E-state index is -0.520. The van der Waals surface area contributed by atoms with Crippen LogP contribution in [-0.4, -0.2) is 36.6 Å². The van der Waals surface area contributed by atoms with Crippen LogP contribution < -0.4 is 0 Å². The summed E-state index contributed by atoms with van der Waals surface area (Å²) in [6.45, 7) is 1.28. The van der Waals surface area contributed by atoms with Gasteiger partial charge in [0, 0.05) is 12.1 Å². The number of fused-ring (bicyclic) bond motifs is 1. The Kier molecular flexibility index (Phi) is 3.36. The fraction of sp³-hybridized carbons (Fsp3) is 0.250. The fourth-order valence-corrected chi connectivity index (χ4v) is 2.42. The Bertz CT molecular complexity index is 690. The highest BCUT2D eigenvalue weighted by Gasteiger charge is 2.24. The third-order valence-electron chi connectivity index (χ3n) is 3.49. The number of ether oxygens (including phenoxy) is 1. The van der Waals surface area contributed by atoms with Crippen molar-refractivity contribution < 1.29 is 9.53 Å². The van der Waals surface area contributed by atoms with Crippen molar-refractivity contribution in [3.63, 3.8) is 0 Å². The first-order chi connectivity index (χ1) is 9.78. The van der Waals surface area contributed by atoms with Crippen LogP contribution in [0.2, 0.25) is 0 Å². The second-order valence-electron chi connectivity index (χ2n) is 4.80.